The number of rotatable bonds is 0. The van der Waals surface area contributed by atoms with E-state index in [4.69, 9.17) is 0 Å². The molecule has 0 amide bonds. The molecule has 0 spiro atoms. The Bertz CT molecular complexity index is 1740. The lowest BCUT2D eigenvalue weighted by molar-refractivity contribution is -0.117. The summed E-state index contributed by atoms with van der Waals surface area (Å²) in [4.78, 5) is 0. The van der Waals surface area contributed by atoms with E-state index in [1.54, 1.807) is 0 Å². The maximum atomic E-state index is 10.8. The van der Waals surface area contributed by atoms with E-state index in [1.165, 1.54) is 128 Å². The normalized spacial score (nSPS) is 33.2. The monoisotopic (exact) mass is 1210 g/mol. The molecule has 516 valence electrons. The van der Waals surface area contributed by atoms with Crippen LogP contribution in [0.15, 0.2) is 0 Å². The van der Waals surface area contributed by atoms with E-state index in [-0.39, 0.29) is 21.7 Å². The zero-order valence-electron chi connectivity index (χ0n) is 67.1. The summed E-state index contributed by atoms with van der Waals surface area (Å²) in [5.41, 5.74) is 4.33. The van der Waals surface area contributed by atoms with Crippen LogP contribution in [0.2, 0.25) is 0 Å². The van der Waals surface area contributed by atoms with Crippen LogP contribution in [0.4, 0.5) is 0 Å². The fourth-order valence-corrected chi connectivity index (χ4v) is 19.7. The number of aliphatic hydroxyl groups is 2. The lowest BCUT2D eigenvalue weighted by Crippen LogP contribution is -2.50. The Balaban J connectivity index is 0.000000516. The van der Waals surface area contributed by atoms with E-state index in [1.807, 2.05) is 0 Å². The third-order valence-corrected chi connectivity index (χ3v) is 25.9. The molecule has 0 aromatic rings. The van der Waals surface area contributed by atoms with Crippen LogP contribution in [0, 0.1) is 123 Å². The largest absolute Gasteiger partial charge is 0.389 e. The molecule has 86 heavy (non-hydrogen) atoms. The van der Waals surface area contributed by atoms with Crippen LogP contribution in [0.1, 0.15) is 404 Å². The molecule has 2 N–H and O–H groups in total. The Labute approximate surface area is 546 Å². The predicted octanol–water partition coefficient (Wildman–Crippen LogP) is 27.5. The highest BCUT2D eigenvalue weighted by Gasteiger charge is 2.55. The van der Waals surface area contributed by atoms with Crippen molar-refractivity contribution >= 4 is 0 Å². The van der Waals surface area contributed by atoms with Gasteiger partial charge in [-0.2, -0.15) is 0 Å². The predicted molar refractivity (Wildman–Crippen MR) is 389 cm³/mol. The second-order valence-corrected chi connectivity index (χ2v) is 44.1. The van der Waals surface area contributed by atoms with Crippen LogP contribution < -0.4 is 0 Å². The third-order valence-electron chi connectivity index (χ3n) is 25.9. The van der Waals surface area contributed by atoms with Crippen LogP contribution >= 0.6 is 0 Å². The Morgan fingerprint density at radius 3 is 0.535 bits per heavy atom. The minimum absolute atomic E-state index is 0.00144. The molecule has 6 rings (SSSR count). The highest BCUT2D eigenvalue weighted by molar-refractivity contribution is 5.06. The van der Waals surface area contributed by atoms with Crippen molar-refractivity contribution in [2.45, 2.75) is 416 Å². The number of hydrogen-bond donors (Lipinski definition) is 2. The van der Waals surface area contributed by atoms with Crippen molar-refractivity contribution in [1.29, 1.82) is 0 Å². The first-order valence-corrected chi connectivity index (χ1v) is 37.3. The first-order chi connectivity index (χ1) is 37.8. The molecule has 2 nitrogen and oxygen atoms in total. The lowest BCUT2D eigenvalue weighted by atomic mass is 9.50. The van der Waals surface area contributed by atoms with Gasteiger partial charge < -0.3 is 10.2 Å². The quantitative estimate of drug-likeness (QED) is 0.254. The summed E-state index contributed by atoms with van der Waals surface area (Å²) in [6, 6.07) is 0. The minimum atomic E-state index is -0.467. The van der Waals surface area contributed by atoms with Gasteiger partial charge in [-0.3, -0.25) is 0 Å². The maximum Gasteiger partial charge on any atom is 0.0728 e. The van der Waals surface area contributed by atoms with Crippen LogP contribution in [-0.4, -0.2) is 21.4 Å². The Kier molecular flexibility index (Phi) is 29.0. The van der Waals surface area contributed by atoms with Gasteiger partial charge in [0.15, 0.2) is 0 Å². The van der Waals surface area contributed by atoms with Gasteiger partial charge in [0.05, 0.1) is 11.2 Å². The van der Waals surface area contributed by atoms with Gasteiger partial charge in [0.25, 0.3) is 0 Å². The van der Waals surface area contributed by atoms with Gasteiger partial charge >= 0.3 is 0 Å². The van der Waals surface area contributed by atoms with E-state index >= 15 is 0 Å². The van der Waals surface area contributed by atoms with Crippen LogP contribution in [0.5, 0.6) is 0 Å². The fraction of sp³-hybridized carbons (Fsp3) is 1.00. The molecular weight excluding hydrogens is 1040 g/mol. The average Bonchev–Trinajstić information content (AvgIpc) is 4.06. The van der Waals surface area contributed by atoms with Crippen molar-refractivity contribution < 1.29 is 10.2 Å². The van der Waals surface area contributed by atoms with Crippen LogP contribution in [0.25, 0.3) is 0 Å². The zero-order chi connectivity index (χ0) is 68.2. The summed E-state index contributed by atoms with van der Waals surface area (Å²) >= 11 is 0. The highest BCUT2D eigenvalue weighted by Crippen LogP contribution is 2.61. The lowest BCUT2D eigenvalue weighted by Gasteiger charge is -2.55. The first-order valence-electron chi connectivity index (χ1n) is 37.3. The van der Waals surface area contributed by atoms with Gasteiger partial charge in [0.2, 0.25) is 0 Å². The van der Waals surface area contributed by atoms with E-state index in [0.717, 1.165) is 48.3 Å². The molecule has 6 aliphatic rings. The Morgan fingerprint density at radius 1 is 0.209 bits per heavy atom. The average molecular weight is 1210 g/mol. The first kappa shape index (κ1) is 83.9. The van der Waals surface area contributed by atoms with Gasteiger partial charge in [-0.25, -0.2) is 0 Å². The van der Waals surface area contributed by atoms with Crippen molar-refractivity contribution in [3.63, 3.8) is 0 Å². The molecule has 2 heteroatoms. The molecule has 0 radical (unpaired) electrons. The second-order valence-electron chi connectivity index (χ2n) is 44.1. The molecule has 6 aliphatic carbocycles. The van der Waals surface area contributed by atoms with Crippen molar-refractivity contribution in [3.05, 3.63) is 0 Å². The van der Waals surface area contributed by atoms with E-state index in [9.17, 15) is 10.2 Å². The molecule has 0 aromatic heterocycles. The summed E-state index contributed by atoms with van der Waals surface area (Å²) in [5.74, 6) is 6.34. The second kappa shape index (κ2) is 29.7. The standard InChI is InChI=1S/2C15H30.2C14H28.2C13H26O/c2*1-13(2,3)12-10-8-9-11-15(12,7)14(4,5)6;2*1-13(2,3)11-9-7-8-10-12(11)14(4,5)6;2*1-11(2,3)10-8-7-9-13(10,14)12(4,5)6/h2*12H,8-11H2,1-7H3;2*11-12H,7-10H2,1-6H3;2*10,14H,7-9H2,1-6H3/t2*12-,15+;2*11-,12-;2*10-,13-/m101010/s1. The molecule has 0 heterocycles. The molecule has 12 atom stereocenters. The van der Waals surface area contributed by atoms with Gasteiger partial charge in [-0.1, -0.05) is 327 Å². The molecule has 0 aromatic carbocycles. The van der Waals surface area contributed by atoms with E-state index in [2.05, 4.69) is 263 Å². The van der Waals surface area contributed by atoms with Crippen molar-refractivity contribution in [2.75, 3.05) is 0 Å². The van der Waals surface area contributed by atoms with Gasteiger partial charge in [0.1, 0.15) is 0 Å². The molecule has 0 bridgehead atoms. The summed E-state index contributed by atoms with van der Waals surface area (Å²) in [5, 5.41) is 21.6. The van der Waals surface area contributed by atoms with E-state index < -0.39 is 11.2 Å². The Hall–Kier alpha value is -0.0800. The summed E-state index contributed by atoms with van der Waals surface area (Å²) in [6.45, 7) is 89.7. The molecular formula is C84H168O2. The van der Waals surface area contributed by atoms with Gasteiger partial charge in [-0.05, 0) is 200 Å². The zero-order valence-corrected chi connectivity index (χ0v) is 67.1. The highest BCUT2D eigenvalue weighted by atomic mass is 16.3. The summed E-state index contributed by atoms with van der Waals surface area (Å²) in [6.07, 6.45) is 29.7. The van der Waals surface area contributed by atoms with Crippen molar-refractivity contribution in [3.8, 4) is 0 Å². The summed E-state index contributed by atoms with van der Waals surface area (Å²) < 4.78 is 0. The Morgan fingerprint density at radius 2 is 0.395 bits per heavy atom. The number of hydrogen-bond acceptors (Lipinski definition) is 2. The topological polar surface area (TPSA) is 40.5 Å². The van der Waals surface area contributed by atoms with Crippen LogP contribution in [-0.2, 0) is 0 Å². The minimum Gasteiger partial charge on any atom is -0.389 e. The third kappa shape index (κ3) is 22.6. The van der Waals surface area contributed by atoms with Gasteiger partial charge in [-0.15, -0.1) is 0 Å². The maximum absolute atomic E-state index is 10.8. The van der Waals surface area contributed by atoms with Crippen molar-refractivity contribution in [1.82, 2.24) is 0 Å². The van der Waals surface area contributed by atoms with Gasteiger partial charge in [0, 0.05) is 0 Å². The molecule has 6 saturated carbocycles. The van der Waals surface area contributed by atoms with E-state index in [0.29, 0.717) is 66.0 Å². The van der Waals surface area contributed by atoms with Crippen LogP contribution in [0.3, 0.4) is 0 Å². The summed E-state index contributed by atoms with van der Waals surface area (Å²) in [7, 11) is 0. The molecule has 0 aliphatic heterocycles. The van der Waals surface area contributed by atoms with Crippen molar-refractivity contribution in [2.24, 2.45) is 123 Å². The molecule has 0 unspecified atom stereocenters. The molecule has 6 fully saturated rings. The molecule has 0 saturated heterocycles. The SMILES string of the molecule is CC(C)(C)[C@@H]1CCCC[C@@]1(C)C(C)(C)C.CC(C)(C)[C@@H]1CCCC[C@H]1C(C)(C)C.CC(C)(C)[C@@H]1CCC[C@@]1(O)C(C)(C)C.CC(C)(C)[C@H]1CCCC[C@@H]1C(C)(C)C.CC(C)(C)[C@H]1CCCC[C@]1(C)C(C)(C)C.CC(C)(C)[C@H]1CCC[C@]1(O)C(C)(C)C. The fourth-order valence-electron chi connectivity index (χ4n) is 19.7. The smallest absolute Gasteiger partial charge is 0.0728 e.